The number of halogens is 1. The first-order valence-corrected chi connectivity index (χ1v) is 11.0. The Morgan fingerprint density at radius 1 is 1.18 bits per heavy atom. The van der Waals surface area contributed by atoms with Gasteiger partial charge in [-0.15, -0.1) is 0 Å². The molecule has 1 N–H and O–H groups in total. The Morgan fingerprint density at radius 2 is 1.79 bits per heavy atom. The van der Waals surface area contributed by atoms with Crippen LogP contribution in [0.15, 0.2) is 42.5 Å². The third-order valence-corrected chi connectivity index (χ3v) is 5.60. The highest BCUT2D eigenvalue weighted by Gasteiger charge is 2.29. The second-order valence-corrected chi connectivity index (χ2v) is 8.92. The molecule has 2 aromatic carbocycles. The van der Waals surface area contributed by atoms with Gasteiger partial charge in [-0.3, -0.25) is 9.10 Å². The van der Waals surface area contributed by atoms with E-state index in [9.17, 15) is 13.2 Å². The number of hydrogen-bond acceptors (Lipinski definition) is 4. The van der Waals surface area contributed by atoms with Crippen LogP contribution in [-0.4, -0.2) is 39.8 Å². The number of carbonyl (C=O) groups is 1. The van der Waals surface area contributed by atoms with E-state index in [2.05, 4.69) is 5.32 Å². The summed E-state index contributed by atoms with van der Waals surface area (Å²) in [5.74, 6) is 0.117. The van der Waals surface area contributed by atoms with Crippen molar-refractivity contribution in [1.82, 2.24) is 5.32 Å². The molecule has 0 radical (unpaired) electrons. The Morgan fingerprint density at radius 3 is 2.36 bits per heavy atom. The van der Waals surface area contributed by atoms with Crippen molar-refractivity contribution in [2.24, 2.45) is 0 Å². The molecule has 1 amide bonds. The molecule has 0 aliphatic heterocycles. The van der Waals surface area contributed by atoms with Crippen LogP contribution in [-0.2, 0) is 14.8 Å². The Labute approximate surface area is 171 Å². The number of rotatable bonds is 8. The van der Waals surface area contributed by atoms with Gasteiger partial charge in [0.1, 0.15) is 18.4 Å². The van der Waals surface area contributed by atoms with Crippen molar-refractivity contribution in [3.05, 3.63) is 58.6 Å². The highest BCUT2D eigenvalue weighted by atomic mass is 35.5. The summed E-state index contributed by atoms with van der Waals surface area (Å²) in [7, 11) is -3.65. The number of benzene rings is 2. The number of anilines is 1. The van der Waals surface area contributed by atoms with Crippen LogP contribution in [0.3, 0.4) is 0 Å². The summed E-state index contributed by atoms with van der Waals surface area (Å²) in [6, 6.07) is 11.6. The van der Waals surface area contributed by atoms with Crippen molar-refractivity contribution in [1.29, 1.82) is 0 Å². The van der Waals surface area contributed by atoms with E-state index in [0.717, 1.165) is 21.7 Å². The third-order valence-electron chi connectivity index (χ3n) is 4.04. The lowest BCUT2D eigenvalue weighted by atomic mass is 10.1. The minimum Gasteiger partial charge on any atom is -0.490 e. The van der Waals surface area contributed by atoms with Crippen LogP contribution in [0.4, 0.5) is 5.69 Å². The third kappa shape index (κ3) is 5.87. The minimum absolute atomic E-state index is 0.213. The number of amides is 1. The molecule has 0 spiro atoms. The van der Waals surface area contributed by atoms with Crippen molar-refractivity contribution >= 4 is 33.2 Å². The molecule has 2 aromatic rings. The summed E-state index contributed by atoms with van der Waals surface area (Å²) >= 11 is 6.02. The van der Waals surface area contributed by atoms with E-state index in [1.165, 1.54) is 0 Å². The maximum Gasteiger partial charge on any atom is 0.243 e. The predicted molar refractivity (Wildman–Crippen MR) is 113 cm³/mol. The predicted octanol–water partition coefficient (Wildman–Crippen LogP) is 3.31. The average Bonchev–Trinajstić information content (AvgIpc) is 2.58. The molecule has 0 saturated heterocycles. The molecule has 0 heterocycles. The lowest BCUT2D eigenvalue weighted by Gasteiger charge is -2.28. The normalized spacial score (nSPS) is 12.3. The Bertz CT molecular complexity index is 927. The number of ether oxygens (including phenoxy) is 1. The fraction of sp³-hybridized carbons (Fsp3) is 0.350. The van der Waals surface area contributed by atoms with E-state index in [1.807, 2.05) is 19.9 Å². The zero-order valence-corrected chi connectivity index (χ0v) is 18.0. The lowest BCUT2D eigenvalue weighted by Crippen LogP contribution is -2.48. The summed E-state index contributed by atoms with van der Waals surface area (Å²) in [5, 5.41) is 3.20. The van der Waals surface area contributed by atoms with Gasteiger partial charge in [0.15, 0.2) is 0 Å². The molecular formula is C20H25ClN2O4S. The van der Waals surface area contributed by atoms with E-state index in [0.29, 0.717) is 16.5 Å². The largest absolute Gasteiger partial charge is 0.490 e. The van der Waals surface area contributed by atoms with Crippen LogP contribution >= 0.6 is 11.6 Å². The van der Waals surface area contributed by atoms with Gasteiger partial charge < -0.3 is 10.1 Å². The summed E-state index contributed by atoms with van der Waals surface area (Å²) < 4.78 is 31.4. The van der Waals surface area contributed by atoms with E-state index in [-0.39, 0.29) is 13.2 Å². The Hall–Kier alpha value is -2.25. The van der Waals surface area contributed by atoms with Crippen LogP contribution in [0, 0.1) is 13.8 Å². The molecule has 1 atom stereocenters. The van der Waals surface area contributed by atoms with Crippen molar-refractivity contribution < 1.29 is 17.9 Å². The fourth-order valence-corrected chi connectivity index (χ4v) is 4.28. The molecule has 2 rings (SSSR count). The van der Waals surface area contributed by atoms with Crippen LogP contribution in [0.2, 0.25) is 5.02 Å². The number of nitrogens with zero attached hydrogens (tertiary/aromatic N) is 1. The first kappa shape index (κ1) is 22.0. The number of nitrogens with one attached hydrogen (secondary N) is 1. The molecule has 6 nitrogen and oxygen atoms in total. The number of para-hydroxylation sites is 1. The SMILES string of the molecule is Cc1cc(C)cc(N([C@H](C)C(=O)NCCOc2ccccc2Cl)S(C)(=O)=O)c1. The van der Waals surface area contributed by atoms with E-state index in [1.54, 1.807) is 43.3 Å². The monoisotopic (exact) mass is 424 g/mol. The van der Waals surface area contributed by atoms with Crippen LogP contribution in [0.5, 0.6) is 5.75 Å². The summed E-state index contributed by atoms with van der Waals surface area (Å²) in [4.78, 5) is 12.6. The van der Waals surface area contributed by atoms with Gasteiger partial charge in [-0.25, -0.2) is 8.42 Å². The van der Waals surface area contributed by atoms with Crippen molar-refractivity contribution in [2.45, 2.75) is 26.8 Å². The highest BCUT2D eigenvalue weighted by Crippen LogP contribution is 2.24. The maximum absolute atomic E-state index is 12.6. The molecule has 0 saturated carbocycles. The molecule has 0 aliphatic rings. The number of aryl methyl sites for hydroxylation is 2. The zero-order valence-electron chi connectivity index (χ0n) is 16.4. The van der Waals surface area contributed by atoms with Gasteiger partial charge in [-0.1, -0.05) is 29.8 Å². The molecule has 0 bridgehead atoms. The van der Waals surface area contributed by atoms with E-state index >= 15 is 0 Å². The number of hydrogen-bond donors (Lipinski definition) is 1. The van der Waals surface area contributed by atoms with Gasteiger partial charge >= 0.3 is 0 Å². The molecule has 0 unspecified atom stereocenters. The summed E-state index contributed by atoms with van der Waals surface area (Å²) in [5.41, 5.74) is 2.31. The first-order valence-electron chi connectivity index (χ1n) is 8.82. The van der Waals surface area contributed by atoms with E-state index < -0.39 is 22.0 Å². The second kappa shape index (κ2) is 9.30. The molecule has 28 heavy (non-hydrogen) atoms. The molecule has 152 valence electrons. The first-order chi connectivity index (χ1) is 13.1. The second-order valence-electron chi connectivity index (χ2n) is 6.65. The van der Waals surface area contributed by atoms with Crippen molar-refractivity contribution in [3.8, 4) is 5.75 Å². The summed E-state index contributed by atoms with van der Waals surface area (Å²) in [6.45, 7) is 5.76. The molecule has 0 aliphatic carbocycles. The zero-order chi connectivity index (χ0) is 20.9. The van der Waals surface area contributed by atoms with Gasteiger partial charge in [0.2, 0.25) is 15.9 Å². The molecule has 0 aromatic heterocycles. The van der Waals surface area contributed by atoms with Crippen LogP contribution in [0.25, 0.3) is 0 Å². The smallest absolute Gasteiger partial charge is 0.243 e. The highest BCUT2D eigenvalue weighted by molar-refractivity contribution is 7.92. The molecule has 0 fully saturated rings. The Balaban J connectivity index is 2.04. The average molecular weight is 425 g/mol. The quantitative estimate of drug-likeness (QED) is 0.659. The standard InChI is InChI=1S/C20H25ClN2O4S/c1-14-11-15(2)13-17(12-14)23(28(4,25)26)16(3)20(24)22-9-10-27-19-8-6-5-7-18(19)21/h5-8,11-13,16H,9-10H2,1-4H3,(H,22,24)/t16-/m1/s1. The van der Waals surface area contributed by atoms with Gasteiger partial charge in [-0.05, 0) is 56.2 Å². The van der Waals surface area contributed by atoms with E-state index in [4.69, 9.17) is 16.3 Å². The maximum atomic E-state index is 12.6. The molecule has 8 heteroatoms. The van der Waals surface area contributed by atoms with Gasteiger partial charge in [-0.2, -0.15) is 0 Å². The van der Waals surface area contributed by atoms with Crippen LogP contribution < -0.4 is 14.4 Å². The number of sulfonamides is 1. The van der Waals surface area contributed by atoms with Gasteiger partial charge in [0, 0.05) is 0 Å². The van der Waals surface area contributed by atoms with Crippen LogP contribution in [0.1, 0.15) is 18.1 Å². The van der Waals surface area contributed by atoms with Crippen molar-refractivity contribution in [3.63, 3.8) is 0 Å². The van der Waals surface area contributed by atoms with Gasteiger partial charge in [0.05, 0.1) is 23.5 Å². The number of carbonyl (C=O) groups excluding carboxylic acids is 1. The Kier molecular flexibility index (Phi) is 7.32. The molecular weight excluding hydrogens is 400 g/mol. The lowest BCUT2D eigenvalue weighted by molar-refractivity contribution is -0.121. The van der Waals surface area contributed by atoms with Gasteiger partial charge in [0.25, 0.3) is 0 Å². The summed E-state index contributed by atoms with van der Waals surface area (Å²) in [6.07, 6.45) is 1.09. The van der Waals surface area contributed by atoms with Crippen molar-refractivity contribution in [2.75, 3.05) is 23.7 Å². The minimum atomic E-state index is -3.65. The topological polar surface area (TPSA) is 75.7 Å². The fourth-order valence-electron chi connectivity index (χ4n) is 2.93.